The Morgan fingerprint density at radius 2 is 2.25 bits per heavy atom. The molecule has 1 aromatic carbocycles. The van der Waals surface area contributed by atoms with E-state index in [0.29, 0.717) is 0 Å². The molecule has 1 amide bonds. The molecule has 2 N–H and O–H groups in total. The summed E-state index contributed by atoms with van der Waals surface area (Å²) in [6.07, 6.45) is 0.225. The van der Waals surface area contributed by atoms with Crippen LogP contribution in [0.4, 0.5) is 4.79 Å². The lowest BCUT2D eigenvalue weighted by Crippen LogP contribution is -2.34. The van der Waals surface area contributed by atoms with Crippen LogP contribution in [0, 0.1) is 12.8 Å². The highest BCUT2D eigenvalue weighted by atomic mass is 16.6. The zero-order valence-corrected chi connectivity index (χ0v) is 9.91. The van der Waals surface area contributed by atoms with Crippen LogP contribution in [0.2, 0.25) is 0 Å². The van der Waals surface area contributed by atoms with Gasteiger partial charge in [0.05, 0.1) is 0 Å². The Hall–Kier alpha value is -1.51. The summed E-state index contributed by atoms with van der Waals surface area (Å²) in [5.74, 6) is 0.261. The summed E-state index contributed by atoms with van der Waals surface area (Å²) in [4.78, 5) is 11.0. The van der Waals surface area contributed by atoms with E-state index < -0.39 is 11.7 Å². The first-order chi connectivity index (χ1) is 7.43. The fourth-order valence-electron chi connectivity index (χ4n) is 2.49. The van der Waals surface area contributed by atoms with Gasteiger partial charge in [0.1, 0.15) is 5.60 Å². The molecule has 0 unspecified atom stereocenters. The van der Waals surface area contributed by atoms with Gasteiger partial charge in [-0.3, -0.25) is 0 Å². The minimum atomic E-state index is -0.705. The largest absolute Gasteiger partial charge is 0.438 e. The summed E-state index contributed by atoms with van der Waals surface area (Å²) < 4.78 is 5.33. The number of benzene rings is 1. The number of carbonyl (C=O) groups is 1. The molecule has 86 valence electrons. The van der Waals surface area contributed by atoms with E-state index in [9.17, 15) is 4.79 Å². The van der Waals surface area contributed by atoms with Crippen molar-refractivity contribution in [3.63, 3.8) is 0 Å². The van der Waals surface area contributed by atoms with Crippen LogP contribution < -0.4 is 5.73 Å². The molecular weight excluding hydrogens is 202 g/mol. The molecule has 0 saturated carbocycles. The number of amides is 1. The average molecular weight is 219 g/mol. The van der Waals surface area contributed by atoms with Gasteiger partial charge in [0.25, 0.3) is 0 Å². The molecule has 0 spiro atoms. The first-order valence-corrected chi connectivity index (χ1v) is 5.52. The first kappa shape index (κ1) is 11.0. The van der Waals surface area contributed by atoms with Gasteiger partial charge in [-0.15, -0.1) is 0 Å². The molecule has 3 nitrogen and oxygen atoms in total. The van der Waals surface area contributed by atoms with Crippen LogP contribution in [0.15, 0.2) is 18.2 Å². The van der Waals surface area contributed by atoms with E-state index in [4.69, 9.17) is 10.5 Å². The highest BCUT2D eigenvalue weighted by molar-refractivity contribution is 5.66. The maximum atomic E-state index is 11.0. The van der Waals surface area contributed by atoms with Gasteiger partial charge in [-0.1, -0.05) is 30.7 Å². The zero-order valence-electron chi connectivity index (χ0n) is 9.91. The van der Waals surface area contributed by atoms with Crippen molar-refractivity contribution in [3.8, 4) is 0 Å². The Balaban J connectivity index is 2.48. The van der Waals surface area contributed by atoms with Gasteiger partial charge in [0.15, 0.2) is 0 Å². The van der Waals surface area contributed by atoms with E-state index in [-0.39, 0.29) is 5.92 Å². The van der Waals surface area contributed by atoms with E-state index in [1.54, 1.807) is 0 Å². The van der Waals surface area contributed by atoms with E-state index in [1.165, 1.54) is 11.1 Å². The minimum absolute atomic E-state index is 0.261. The van der Waals surface area contributed by atoms with Gasteiger partial charge in [-0.05, 0) is 31.4 Å². The van der Waals surface area contributed by atoms with E-state index in [0.717, 1.165) is 12.0 Å². The Labute approximate surface area is 95.6 Å². The molecule has 0 heterocycles. The van der Waals surface area contributed by atoms with Gasteiger partial charge < -0.3 is 10.5 Å². The fourth-order valence-corrected chi connectivity index (χ4v) is 2.49. The third-order valence-electron chi connectivity index (χ3n) is 3.58. The van der Waals surface area contributed by atoms with E-state index in [1.807, 2.05) is 13.8 Å². The van der Waals surface area contributed by atoms with Gasteiger partial charge in [-0.25, -0.2) is 4.79 Å². The molecule has 0 aromatic heterocycles. The number of hydrogen-bond donors (Lipinski definition) is 1. The molecular formula is C13H17NO2. The quantitative estimate of drug-likeness (QED) is 0.789. The van der Waals surface area contributed by atoms with Crippen LogP contribution in [0.25, 0.3) is 0 Å². The summed E-state index contributed by atoms with van der Waals surface area (Å²) in [6.45, 7) is 6.06. The fraction of sp³-hybridized carbons (Fsp3) is 0.462. The monoisotopic (exact) mass is 219 g/mol. The Kier molecular flexibility index (Phi) is 2.41. The van der Waals surface area contributed by atoms with Crippen LogP contribution >= 0.6 is 0 Å². The third-order valence-corrected chi connectivity index (χ3v) is 3.58. The SMILES string of the molecule is Cc1ccc2c(c1)[C@](C)(OC(N)=O)[C@H](C)C2. The van der Waals surface area contributed by atoms with Crippen molar-refractivity contribution in [3.05, 3.63) is 34.9 Å². The number of carbonyl (C=O) groups excluding carboxylic acids is 1. The predicted molar refractivity (Wildman–Crippen MR) is 62.1 cm³/mol. The third kappa shape index (κ3) is 1.56. The second-order valence-corrected chi connectivity index (χ2v) is 4.79. The number of rotatable bonds is 1. The topological polar surface area (TPSA) is 52.3 Å². The van der Waals surface area contributed by atoms with Gasteiger partial charge >= 0.3 is 6.09 Å². The molecule has 16 heavy (non-hydrogen) atoms. The molecule has 3 heteroatoms. The first-order valence-electron chi connectivity index (χ1n) is 5.52. The number of ether oxygens (including phenoxy) is 1. The second kappa shape index (κ2) is 3.51. The summed E-state index contributed by atoms with van der Waals surface area (Å²) in [6, 6.07) is 6.28. The molecule has 1 aliphatic carbocycles. The second-order valence-electron chi connectivity index (χ2n) is 4.79. The molecule has 0 aliphatic heterocycles. The molecule has 0 bridgehead atoms. The molecule has 0 fully saturated rings. The Morgan fingerprint density at radius 1 is 1.56 bits per heavy atom. The number of aryl methyl sites for hydroxylation is 1. The standard InChI is InChI=1S/C13H17NO2/c1-8-4-5-10-7-9(2)13(3,11(10)6-8)16-12(14)15/h4-6,9H,7H2,1-3H3,(H2,14,15)/t9-,13-/m1/s1. The average Bonchev–Trinajstić information content (AvgIpc) is 2.40. The summed E-state index contributed by atoms with van der Waals surface area (Å²) in [7, 11) is 0. The lowest BCUT2D eigenvalue weighted by Gasteiger charge is -2.29. The summed E-state index contributed by atoms with van der Waals surface area (Å²) >= 11 is 0. The van der Waals surface area contributed by atoms with Crippen molar-refractivity contribution in [2.24, 2.45) is 11.7 Å². The lowest BCUT2D eigenvalue weighted by atomic mass is 9.90. The number of nitrogens with two attached hydrogens (primary N) is 1. The van der Waals surface area contributed by atoms with Gasteiger partial charge in [0, 0.05) is 5.92 Å². The van der Waals surface area contributed by atoms with Crippen LogP contribution in [0.5, 0.6) is 0 Å². The summed E-state index contributed by atoms with van der Waals surface area (Å²) in [5, 5.41) is 0. The van der Waals surface area contributed by atoms with Crippen molar-refractivity contribution in [1.29, 1.82) is 0 Å². The highest BCUT2D eigenvalue weighted by Gasteiger charge is 2.43. The highest BCUT2D eigenvalue weighted by Crippen LogP contribution is 2.44. The maximum Gasteiger partial charge on any atom is 0.405 e. The maximum absolute atomic E-state index is 11.0. The van der Waals surface area contributed by atoms with Crippen molar-refractivity contribution >= 4 is 6.09 Å². The molecule has 0 saturated heterocycles. The van der Waals surface area contributed by atoms with Gasteiger partial charge in [0.2, 0.25) is 0 Å². The molecule has 0 radical (unpaired) electrons. The van der Waals surface area contributed by atoms with Crippen molar-refractivity contribution in [2.45, 2.75) is 32.8 Å². The molecule has 2 rings (SSSR count). The number of primary amides is 1. The summed E-state index contributed by atoms with van der Waals surface area (Å²) in [5.41, 5.74) is 8.10. The molecule has 1 aromatic rings. The van der Waals surface area contributed by atoms with E-state index >= 15 is 0 Å². The molecule has 1 aliphatic rings. The minimum Gasteiger partial charge on any atom is -0.438 e. The number of fused-ring (bicyclic) bond motifs is 1. The smallest absolute Gasteiger partial charge is 0.405 e. The normalized spacial score (nSPS) is 27.6. The van der Waals surface area contributed by atoms with Crippen LogP contribution in [0.3, 0.4) is 0 Å². The van der Waals surface area contributed by atoms with Crippen LogP contribution in [0.1, 0.15) is 30.5 Å². The predicted octanol–water partition coefficient (Wildman–Crippen LogP) is 2.50. The van der Waals surface area contributed by atoms with Gasteiger partial charge in [-0.2, -0.15) is 0 Å². The number of hydrogen-bond acceptors (Lipinski definition) is 2. The van der Waals surface area contributed by atoms with E-state index in [2.05, 4.69) is 25.1 Å². The van der Waals surface area contributed by atoms with Crippen molar-refractivity contribution < 1.29 is 9.53 Å². The lowest BCUT2D eigenvalue weighted by molar-refractivity contribution is -0.00398. The Morgan fingerprint density at radius 3 is 2.88 bits per heavy atom. The zero-order chi connectivity index (χ0) is 11.9. The Bertz CT molecular complexity index is 442. The molecule has 2 atom stereocenters. The van der Waals surface area contributed by atoms with Crippen LogP contribution in [-0.2, 0) is 16.8 Å². The van der Waals surface area contributed by atoms with Crippen molar-refractivity contribution in [2.75, 3.05) is 0 Å². The van der Waals surface area contributed by atoms with Crippen LogP contribution in [-0.4, -0.2) is 6.09 Å². The van der Waals surface area contributed by atoms with Crippen molar-refractivity contribution in [1.82, 2.24) is 0 Å².